The molecule has 4 nitrogen and oxygen atoms in total. The number of likely N-dealkylation sites (N-methyl/N-ethyl adjacent to an activating group) is 1. The highest BCUT2D eigenvalue weighted by Crippen LogP contribution is 2.20. The average Bonchev–Trinajstić information content (AvgIpc) is 3.35. The van der Waals surface area contributed by atoms with E-state index in [1.807, 2.05) is 0 Å². The van der Waals surface area contributed by atoms with E-state index in [1.54, 1.807) is 0 Å². The summed E-state index contributed by atoms with van der Waals surface area (Å²) in [5.74, 6) is 1.36. The van der Waals surface area contributed by atoms with Crippen LogP contribution in [0.4, 0.5) is 0 Å². The topological polar surface area (TPSA) is 38.7 Å². The number of ether oxygens (including phenoxy) is 1. The number of aliphatic imine (C=N–C) groups is 1. The molecule has 40 heavy (non-hydrogen) atoms. The first-order valence-electron chi connectivity index (χ1n) is 17.7. The first kappa shape index (κ1) is 39.4. The van der Waals surface area contributed by atoms with Crippen LogP contribution in [0.15, 0.2) is 4.99 Å². The minimum Gasteiger partial charge on any atom is -1.00 e. The fraction of sp³-hybridized carbons (Fsp3) is 0.943. The van der Waals surface area contributed by atoms with Crippen molar-refractivity contribution < 1.29 is 26.4 Å². The Morgan fingerprint density at radius 3 is 1.52 bits per heavy atom. The van der Waals surface area contributed by atoms with Crippen molar-refractivity contribution in [1.82, 2.24) is 0 Å². The van der Waals surface area contributed by atoms with Crippen LogP contribution in [0.2, 0.25) is 0 Å². The standard InChI is InChI=1S/C35H69N2O2.ClH/c1-4-7-9-11-13-15-16-17-18-19-20-21-23-25-27-29-35(38)39-33-32-37(6-3)31-30-36-34(37)28-26-24-22-14-12-10-8-5-2;/h4-33H2,1-3H3;1H/q+1;/p-1. The Labute approximate surface area is 256 Å². The molecule has 0 fully saturated rings. The molecule has 1 atom stereocenters. The largest absolute Gasteiger partial charge is 1.00 e. The summed E-state index contributed by atoms with van der Waals surface area (Å²) in [6.45, 7) is 11.4. The second-order valence-corrected chi connectivity index (χ2v) is 12.4. The minimum atomic E-state index is -0.000272. The van der Waals surface area contributed by atoms with Gasteiger partial charge in [-0.15, -0.1) is 0 Å². The maximum absolute atomic E-state index is 12.3. The first-order valence-corrected chi connectivity index (χ1v) is 17.7. The molecule has 1 rings (SSSR count). The molecule has 0 aromatic rings. The van der Waals surface area contributed by atoms with Gasteiger partial charge in [0.05, 0.1) is 13.1 Å². The van der Waals surface area contributed by atoms with Crippen LogP contribution in [0, 0.1) is 0 Å². The fourth-order valence-electron chi connectivity index (χ4n) is 6.17. The molecule has 0 amide bonds. The van der Waals surface area contributed by atoms with Crippen LogP contribution in [-0.2, 0) is 9.53 Å². The van der Waals surface area contributed by atoms with E-state index in [4.69, 9.17) is 9.73 Å². The number of halogens is 1. The summed E-state index contributed by atoms with van der Waals surface area (Å²) in [6.07, 6.45) is 32.8. The number of esters is 1. The van der Waals surface area contributed by atoms with Gasteiger partial charge >= 0.3 is 5.97 Å². The van der Waals surface area contributed by atoms with Gasteiger partial charge in [-0.3, -0.25) is 9.28 Å². The molecule has 0 aliphatic carbocycles. The Bertz CT molecular complexity index is 598. The minimum absolute atomic E-state index is 0. The van der Waals surface area contributed by atoms with Crippen molar-refractivity contribution in [3.05, 3.63) is 0 Å². The summed E-state index contributed by atoms with van der Waals surface area (Å²) in [4.78, 5) is 17.2. The number of hydrogen-bond acceptors (Lipinski definition) is 3. The van der Waals surface area contributed by atoms with Gasteiger partial charge in [-0.2, -0.15) is 0 Å². The summed E-state index contributed by atoms with van der Waals surface area (Å²) in [7, 11) is 0. The van der Waals surface area contributed by atoms with E-state index in [0.717, 1.165) is 49.9 Å². The van der Waals surface area contributed by atoms with E-state index in [2.05, 4.69) is 20.8 Å². The molecule has 1 aliphatic heterocycles. The lowest BCUT2D eigenvalue weighted by molar-refractivity contribution is -0.834. The van der Waals surface area contributed by atoms with Crippen LogP contribution >= 0.6 is 0 Å². The van der Waals surface area contributed by atoms with Crippen molar-refractivity contribution in [3.63, 3.8) is 0 Å². The summed E-state index contributed by atoms with van der Waals surface area (Å²) in [5.41, 5.74) is 0. The van der Waals surface area contributed by atoms with Gasteiger partial charge < -0.3 is 17.1 Å². The molecule has 1 heterocycles. The lowest BCUT2D eigenvalue weighted by atomic mass is 10.0. The number of hydrogen-bond donors (Lipinski definition) is 0. The summed E-state index contributed by atoms with van der Waals surface area (Å²) in [5, 5.41) is 0. The summed E-state index contributed by atoms with van der Waals surface area (Å²) in [6, 6.07) is 0. The van der Waals surface area contributed by atoms with Crippen molar-refractivity contribution in [2.24, 2.45) is 4.99 Å². The Morgan fingerprint density at radius 1 is 0.650 bits per heavy atom. The highest BCUT2D eigenvalue weighted by molar-refractivity contribution is 5.76. The second-order valence-electron chi connectivity index (χ2n) is 12.4. The van der Waals surface area contributed by atoms with Crippen molar-refractivity contribution >= 4 is 11.8 Å². The first-order chi connectivity index (χ1) is 19.2. The molecular weight excluding hydrogens is 516 g/mol. The normalized spacial score (nSPS) is 16.6. The van der Waals surface area contributed by atoms with Gasteiger partial charge in [0, 0.05) is 12.8 Å². The SMILES string of the molecule is CCCCCCCCCCCCCCCCCC(=O)OCC[N+]1(CC)CCN=C1CCCCCCCCCC.[Cl-]. The lowest BCUT2D eigenvalue weighted by Gasteiger charge is -2.33. The number of rotatable bonds is 29. The molecule has 5 heteroatoms. The molecule has 0 aromatic heterocycles. The van der Waals surface area contributed by atoms with Crippen LogP contribution in [0.25, 0.3) is 0 Å². The third-order valence-electron chi connectivity index (χ3n) is 9.00. The van der Waals surface area contributed by atoms with Crippen LogP contribution in [0.5, 0.6) is 0 Å². The summed E-state index contributed by atoms with van der Waals surface area (Å²) >= 11 is 0. The molecule has 0 aromatic carbocycles. The zero-order valence-electron chi connectivity index (χ0n) is 27.3. The van der Waals surface area contributed by atoms with E-state index in [-0.39, 0.29) is 18.4 Å². The number of carbonyl (C=O) groups excluding carboxylic acids is 1. The van der Waals surface area contributed by atoms with Gasteiger partial charge in [-0.1, -0.05) is 149 Å². The Kier molecular flexibility index (Phi) is 28.1. The van der Waals surface area contributed by atoms with Gasteiger partial charge in [0.15, 0.2) is 5.84 Å². The Balaban J connectivity index is 0.0000152. The highest BCUT2D eigenvalue weighted by Gasteiger charge is 2.36. The molecular formula is C35H69ClN2O2. The second kappa shape index (κ2) is 28.5. The van der Waals surface area contributed by atoms with Gasteiger partial charge in [0.25, 0.3) is 0 Å². The van der Waals surface area contributed by atoms with Crippen LogP contribution in [-0.4, -0.2) is 49.1 Å². The molecule has 0 radical (unpaired) electrons. The number of quaternary nitrogens is 1. The quantitative estimate of drug-likeness (QED) is 0.0516. The van der Waals surface area contributed by atoms with E-state index in [1.165, 1.54) is 141 Å². The van der Waals surface area contributed by atoms with Crippen molar-refractivity contribution in [2.75, 3.05) is 32.8 Å². The maximum atomic E-state index is 12.3. The third kappa shape index (κ3) is 20.3. The molecule has 0 bridgehead atoms. The number of carbonyl (C=O) groups is 1. The number of amidine groups is 1. The van der Waals surface area contributed by atoms with Crippen molar-refractivity contribution in [3.8, 4) is 0 Å². The van der Waals surface area contributed by atoms with E-state index >= 15 is 0 Å². The van der Waals surface area contributed by atoms with E-state index in [9.17, 15) is 4.79 Å². The maximum Gasteiger partial charge on any atom is 0.305 e. The van der Waals surface area contributed by atoms with Gasteiger partial charge in [0.1, 0.15) is 19.7 Å². The Hall–Kier alpha value is -0.610. The monoisotopic (exact) mass is 585 g/mol. The van der Waals surface area contributed by atoms with Crippen molar-refractivity contribution in [2.45, 2.75) is 181 Å². The fourth-order valence-corrected chi connectivity index (χ4v) is 6.17. The van der Waals surface area contributed by atoms with Crippen LogP contribution in [0.1, 0.15) is 181 Å². The Morgan fingerprint density at radius 2 is 1.07 bits per heavy atom. The molecule has 0 spiro atoms. The average molecular weight is 585 g/mol. The van der Waals surface area contributed by atoms with Crippen molar-refractivity contribution in [1.29, 1.82) is 0 Å². The summed E-state index contributed by atoms with van der Waals surface area (Å²) < 4.78 is 6.63. The predicted octanol–water partition coefficient (Wildman–Crippen LogP) is 7.57. The molecule has 0 saturated carbocycles. The molecule has 1 aliphatic rings. The molecule has 1 unspecified atom stereocenters. The van der Waals surface area contributed by atoms with Crippen LogP contribution < -0.4 is 12.4 Å². The van der Waals surface area contributed by atoms with Gasteiger partial charge in [-0.25, -0.2) is 4.99 Å². The molecule has 0 N–H and O–H groups in total. The van der Waals surface area contributed by atoms with Gasteiger partial charge in [0.2, 0.25) is 0 Å². The van der Waals surface area contributed by atoms with Crippen LogP contribution in [0.3, 0.4) is 0 Å². The lowest BCUT2D eigenvalue weighted by Crippen LogP contribution is -3.00. The van der Waals surface area contributed by atoms with E-state index < -0.39 is 0 Å². The number of nitrogens with zero attached hydrogens (tertiary/aromatic N) is 2. The zero-order valence-corrected chi connectivity index (χ0v) is 28.1. The number of unbranched alkanes of at least 4 members (excludes halogenated alkanes) is 21. The van der Waals surface area contributed by atoms with E-state index in [0.29, 0.717) is 13.0 Å². The molecule has 0 saturated heterocycles. The molecule has 238 valence electrons. The van der Waals surface area contributed by atoms with Gasteiger partial charge in [-0.05, 0) is 19.8 Å². The smallest absolute Gasteiger partial charge is 0.305 e. The third-order valence-corrected chi connectivity index (χ3v) is 9.00. The predicted molar refractivity (Wildman–Crippen MR) is 171 cm³/mol. The highest BCUT2D eigenvalue weighted by atomic mass is 35.5. The zero-order chi connectivity index (χ0) is 28.3.